The minimum Gasteiger partial charge on any atom is -0.496 e. The second kappa shape index (κ2) is 11.0. The SMILES string of the molecule is COc1cc(CNCc2ccncc2)ccc1-c1ccc(N2C[C@H](CNC(C)=O)OC2=O)cc1F. The molecule has 8 nitrogen and oxygen atoms in total. The molecule has 1 aromatic heterocycles. The first-order chi connectivity index (χ1) is 16.9. The summed E-state index contributed by atoms with van der Waals surface area (Å²) in [5.41, 5.74) is 3.50. The molecule has 1 saturated heterocycles. The van der Waals surface area contributed by atoms with E-state index in [0.717, 1.165) is 11.1 Å². The quantitative estimate of drug-likeness (QED) is 0.488. The lowest BCUT2D eigenvalue weighted by Crippen LogP contribution is -2.33. The molecule has 0 spiro atoms. The molecular weight excluding hydrogens is 451 g/mol. The molecule has 2 heterocycles. The van der Waals surface area contributed by atoms with Gasteiger partial charge in [0.2, 0.25) is 5.91 Å². The molecule has 0 unspecified atom stereocenters. The fourth-order valence-corrected chi connectivity index (χ4v) is 3.91. The van der Waals surface area contributed by atoms with Gasteiger partial charge in [0.15, 0.2) is 0 Å². The predicted octanol–water partition coefficient (Wildman–Crippen LogP) is 3.65. The van der Waals surface area contributed by atoms with Gasteiger partial charge in [-0.15, -0.1) is 0 Å². The number of cyclic esters (lactones) is 1. The Hall–Kier alpha value is -3.98. The highest BCUT2D eigenvalue weighted by Gasteiger charge is 2.32. The maximum Gasteiger partial charge on any atom is 0.414 e. The summed E-state index contributed by atoms with van der Waals surface area (Å²) < 4.78 is 26.0. The number of nitrogens with one attached hydrogen (secondary N) is 2. The van der Waals surface area contributed by atoms with E-state index in [-0.39, 0.29) is 19.0 Å². The number of rotatable bonds is 9. The van der Waals surface area contributed by atoms with Crippen molar-refractivity contribution in [2.24, 2.45) is 0 Å². The Balaban J connectivity index is 1.45. The van der Waals surface area contributed by atoms with Crippen molar-refractivity contribution in [3.63, 3.8) is 0 Å². The Bertz CT molecular complexity index is 1210. The normalized spacial score (nSPS) is 15.1. The highest BCUT2D eigenvalue weighted by atomic mass is 19.1. The molecule has 4 rings (SSSR count). The Morgan fingerprint density at radius 1 is 1.11 bits per heavy atom. The lowest BCUT2D eigenvalue weighted by atomic mass is 10.0. The fourth-order valence-electron chi connectivity index (χ4n) is 3.91. The molecule has 0 radical (unpaired) electrons. The average Bonchev–Trinajstić information content (AvgIpc) is 3.24. The number of aromatic nitrogens is 1. The standard InChI is InChI=1S/C26H27FN4O4/c1-17(32)30-15-21-16-31(26(33)35-21)20-4-6-22(24(27)12-20)23-5-3-19(11-25(23)34-2)14-29-13-18-7-9-28-10-8-18/h3-12,21,29H,13-16H2,1-2H3,(H,30,32)/t21-/m0/s1. The first-order valence-corrected chi connectivity index (χ1v) is 11.2. The molecule has 1 fully saturated rings. The van der Waals surface area contributed by atoms with Crippen LogP contribution in [-0.2, 0) is 22.6 Å². The van der Waals surface area contributed by atoms with E-state index in [0.29, 0.717) is 35.7 Å². The van der Waals surface area contributed by atoms with Crippen molar-refractivity contribution >= 4 is 17.7 Å². The van der Waals surface area contributed by atoms with Gasteiger partial charge >= 0.3 is 6.09 Å². The summed E-state index contributed by atoms with van der Waals surface area (Å²) in [5.74, 6) is -0.141. The third-order valence-electron chi connectivity index (χ3n) is 5.68. The topological polar surface area (TPSA) is 92.8 Å². The van der Waals surface area contributed by atoms with E-state index in [9.17, 15) is 9.59 Å². The Morgan fingerprint density at radius 3 is 2.57 bits per heavy atom. The van der Waals surface area contributed by atoms with Crippen LogP contribution in [0.25, 0.3) is 11.1 Å². The number of carbonyl (C=O) groups excluding carboxylic acids is 2. The monoisotopic (exact) mass is 478 g/mol. The highest BCUT2D eigenvalue weighted by molar-refractivity contribution is 5.90. The first-order valence-electron chi connectivity index (χ1n) is 11.2. The number of methoxy groups -OCH3 is 1. The number of pyridine rings is 1. The third kappa shape index (κ3) is 5.93. The second-order valence-electron chi connectivity index (χ2n) is 8.21. The van der Waals surface area contributed by atoms with Crippen LogP contribution in [0.15, 0.2) is 60.9 Å². The summed E-state index contributed by atoms with van der Waals surface area (Å²) in [7, 11) is 1.55. The fraction of sp³-hybridized carbons (Fsp3) is 0.269. The lowest BCUT2D eigenvalue weighted by Gasteiger charge is -2.16. The predicted molar refractivity (Wildman–Crippen MR) is 129 cm³/mol. The van der Waals surface area contributed by atoms with Gasteiger partial charge in [-0.05, 0) is 47.5 Å². The molecule has 0 aliphatic carbocycles. The number of benzene rings is 2. The minimum absolute atomic E-state index is 0.207. The summed E-state index contributed by atoms with van der Waals surface area (Å²) in [5, 5.41) is 5.99. The van der Waals surface area contributed by atoms with Crippen LogP contribution in [0, 0.1) is 5.82 Å². The van der Waals surface area contributed by atoms with Crippen molar-refractivity contribution in [1.82, 2.24) is 15.6 Å². The van der Waals surface area contributed by atoms with Crippen molar-refractivity contribution < 1.29 is 23.5 Å². The molecule has 2 N–H and O–H groups in total. The zero-order valence-electron chi connectivity index (χ0n) is 19.6. The molecule has 0 saturated carbocycles. The molecule has 182 valence electrons. The zero-order valence-corrected chi connectivity index (χ0v) is 19.6. The average molecular weight is 479 g/mol. The molecular formula is C26H27FN4O4. The van der Waals surface area contributed by atoms with E-state index in [4.69, 9.17) is 9.47 Å². The van der Waals surface area contributed by atoms with Crippen LogP contribution in [0.5, 0.6) is 5.75 Å². The maximum absolute atomic E-state index is 15.2. The number of anilines is 1. The van der Waals surface area contributed by atoms with E-state index in [1.165, 1.54) is 17.9 Å². The van der Waals surface area contributed by atoms with Crippen LogP contribution in [-0.4, -0.2) is 43.3 Å². The number of halogens is 1. The van der Waals surface area contributed by atoms with Gasteiger partial charge in [0.25, 0.3) is 0 Å². The van der Waals surface area contributed by atoms with E-state index >= 15 is 4.39 Å². The maximum atomic E-state index is 15.2. The molecule has 1 aliphatic rings. The minimum atomic E-state index is -0.575. The van der Waals surface area contributed by atoms with Crippen LogP contribution in [0.1, 0.15) is 18.1 Å². The number of carbonyl (C=O) groups is 2. The molecule has 2 amide bonds. The summed E-state index contributed by atoms with van der Waals surface area (Å²) >= 11 is 0. The van der Waals surface area contributed by atoms with Crippen molar-refractivity contribution in [2.75, 3.05) is 25.1 Å². The van der Waals surface area contributed by atoms with Gasteiger partial charge in [-0.25, -0.2) is 9.18 Å². The van der Waals surface area contributed by atoms with Crippen LogP contribution in [0.4, 0.5) is 14.9 Å². The largest absolute Gasteiger partial charge is 0.496 e. The lowest BCUT2D eigenvalue weighted by molar-refractivity contribution is -0.119. The molecule has 1 aliphatic heterocycles. The van der Waals surface area contributed by atoms with Crippen molar-refractivity contribution in [1.29, 1.82) is 0 Å². The number of hydrogen-bond donors (Lipinski definition) is 2. The Labute approximate surface area is 203 Å². The molecule has 0 bridgehead atoms. The highest BCUT2D eigenvalue weighted by Crippen LogP contribution is 2.35. The van der Waals surface area contributed by atoms with E-state index in [2.05, 4.69) is 15.6 Å². The summed E-state index contributed by atoms with van der Waals surface area (Å²) in [6.07, 6.45) is 2.44. The van der Waals surface area contributed by atoms with Crippen LogP contribution < -0.4 is 20.3 Å². The van der Waals surface area contributed by atoms with Gasteiger partial charge in [-0.1, -0.05) is 12.1 Å². The van der Waals surface area contributed by atoms with E-state index in [1.54, 1.807) is 31.6 Å². The molecule has 35 heavy (non-hydrogen) atoms. The number of amides is 2. The van der Waals surface area contributed by atoms with Gasteiger partial charge in [-0.2, -0.15) is 0 Å². The van der Waals surface area contributed by atoms with Gasteiger partial charge in [-0.3, -0.25) is 14.7 Å². The van der Waals surface area contributed by atoms with E-state index in [1.807, 2.05) is 30.3 Å². The smallest absolute Gasteiger partial charge is 0.414 e. The van der Waals surface area contributed by atoms with Crippen LogP contribution in [0.2, 0.25) is 0 Å². The summed E-state index contributed by atoms with van der Waals surface area (Å²) in [6.45, 7) is 3.15. The molecule has 3 aromatic rings. The Kier molecular flexibility index (Phi) is 7.57. The van der Waals surface area contributed by atoms with E-state index < -0.39 is 18.0 Å². The molecule has 9 heteroatoms. The van der Waals surface area contributed by atoms with Gasteiger partial charge in [0.05, 0.1) is 25.9 Å². The van der Waals surface area contributed by atoms with Gasteiger partial charge < -0.3 is 20.1 Å². The molecule has 2 aromatic carbocycles. The number of hydrogen-bond acceptors (Lipinski definition) is 6. The number of nitrogens with zero attached hydrogens (tertiary/aromatic N) is 2. The van der Waals surface area contributed by atoms with Crippen molar-refractivity contribution in [2.45, 2.75) is 26.1 Å². The summed E-state index contributed by atoms with van der Waals surface area (Å²) in [4.78, 5) is 28.7. The Morgan fingerprint density at radius 2 is 1.86 bits per heavy atom. The van der Waals surface area contributed by atoms with Crippen molar-refractivity contribution in [3.05, 3.63) is 77.9 Å². The summed E-state index contributed by atoms with van der Waals surface area (Å²) in [6, 6.07) is 14.1. The number of ether oxygens (including phenoxy) is 2. The second-order valence-corrected chi connectivity index (χ2v) is 8.21. The zero-order chi connectivity index (χ0) is 24.8. The van der Waals surface area contributed by atoms with Crippen LogP contribution in [0.3, 0.4) is 0 Å². The molecule has 1 atom stereocenters. The first kappa shape index (κ1) is 24.2. The third-order valence-corrected chi connectivity index (χ3v) is 5.68. The van der Waals surface area contributed by atoms with Crippen LogP contribution >= 0.6 is 0 Å². The van der Waals surface area contributed by atoms with Crippen molar-refractivity contribution in [3.8, 4) is 16.9 Å². The van der Waals surface area contributed by atoms with Gasteiger partial charge in [0, 0.05) is 43.5 Å². The van der Waals surface area contributed by atoms with Gasteiger partial charge in [0.1, 0.15) is 17.7 Å².